The maximum atomic E-state index is 13.3. The third-order valence-electron chi connectivity index (χ3n) is 6.55. The van der Waals surface area contributed by atoms with Crippen molar-refractivity contribution in [2.45, 2.75) is 44.7 Å². The van der Waals surface area contributed by atoms with Gasteiger partial charge in [-0.05, 0) is 42.7 Å². The first kappa shape index (κ1) is 22.7. The first-order chi connectivity index (χ1) is 16.4. The second kappa shape index (κ2) is 9.28. The zero-order valence-electron chi connectivity index (χ0n) is 18.4. The molecule has 1 saturated heterocycles. The van der Waals surface area contributed by atoms with Gasteiger partial charge in [-0.3, -0.25) is 19.8 Å². The maximum Gasteiger partial charge on any atom is 0.331 e. The third kappa shape index (κ3) is 4.24. The van der Waals surface area contributed by atoms with Gasteiger partial charge in [0.05, 0.1) is 0 Å². The van der Waals surface area contributed by atoms with E-state index in [9.17, 15) is 14.4 Å². The van der Waals surface area contributed by atoms with Crippen LogP contribution in [0.4, 0.5) is 4.79 Å². The zero-order valence-corrected chi connectivity index (χ0v) is 19.9. The Morgan fingerprint density at radius 3 is 2.53 bits per heavy atom. The van der Waals surface area contributed by atoms with Gasteiger partial charge < -0.3 is 4.57 Å². The van der Waals surface area contributed by atoms with Gasteiger partial charge in [0.1, 0.15) is 5.57 Å². The van der Waals surface area contributed by atoms with Crippen LogP contribution in [0.5, 0.6) is 0 Å². The molecule has 5 rings (SSSR count). The van der Waals surface area contributed by atoms with Gasteiger partial charge in [0, 0.05) is 45.3 Å². The number of imide groups is 2. The minimum atomic E-state index is -0.667. The zero-order chi connectivity index (χ0) is 23.8. The molecule has 2 aromatic carbocycles. The van der Waals surface area contributed by atoms with Crippen LogP contribution in [0.15, 0.2) is 54.2 Å². The molecule has 0 radical (unpaired) electrons. The van der Waals surface area contributed by atoms with Crippen molar-refractivity contribution in [3.63, 3.8) is 0 Å². The van der Waals surface area contributed by atoms with Crippen LogP contribution in [0.25, 0.3) is 17.0 Å². The fourth-order valence-electron chi connectivity index (χ4n) is 4.85. The number of barbiturate groups is 1. The lowest BCUT2D eigenvalue weighted by Crippen LogP contribution is -2.58. The van der Waals surface area contributed by atoms with E-state index in [4.69, 9.17) is 23.2 Å². The van der Waals surface area contributed by atoms with Gasteiger partial charge in [-0.1, -0.05) is 66.7 Å². The third-order valence-corrected chi connectivity index (χ3v) is 7.13. The highest BCUT2D eigenvalue weighted by atomic mass is 35.5. The van der Waals surface area contributed by atoms with E-state index in [1.165, 1.54) is 4.90 Å². The molecule has 1 N–H and O–H groups in total. The monoisotopic (exact) mass is 495 g/mol. The average Bonchev–Trinajstić information content (AvgIpc) is 3.16. The number of hydrogen-bond acceptors (Lipinski definition) is 3. The van der Waals surface area contributed by atoms with E-state index < -0.39 is 17.8 Å². The fourth-order valence-corrected chi connectivity index (χ4v) is 5.32. The molecule has 4 amide bonds. The van der Waals surface area contributed by atoms with Gasteiger partial charge in [0.2, 0.25) is 0 Å². The summed E-state index contributed by atoms with van der Waals surface area (Å²) in [5.74, 6) is -1.20. The van der Waals surface area contributed by atoms with Crippen molar-refractivity contribution < 1.29 is 14.4 Å². The van der Waals surface area contributed by atoms with E-state index in [0.717, 1.165) is 54.1 Å². The van der Waals surface area contributed by atoms with Crippen molar-refractivity contribution in [3.8, 4) is 0 Å². The second-order valence-corrected chi connectivity index (χ2v) is 9.59. The number of hydrogen-bond donors (Lipinski definition) is 1. The number of carbonyl (C=O) groups is 3. The van der Waals surface area contributed by atoms with E-state index in [-0.39, 0.29) is 11.6 Å². The van der Waals surface area contributed by atoms with Crippen LogP contribution in [0.2, 0.25) is 10.0 Å². The Balaban J connectivity index is 1.53. The number of halogens is 2. The number of para-hydroxylation sites is 1. The summed E-state index contributed by atoms with van der Waals surface area (Å²) in [5.41, 5.74) is 2.52. The molecule has 34 heavy (non-hydrogen) atoms. The molecule has 6 nitrogen and oxygen atoms in total. The maximum absolute atomic E-state index is 13.3. The normalized spacial score (nSPS) is 18.7. The van der Waals surface area contributed by atoms with Gasteiger partial charge in [0.15, 0.2) is 0 Å². The summed E-state index contributed by atoms with van der Waals surface area (Å²) in [4.78, 5) is 39.7. The summed E-state index contributed by atoms with van der Waals surface area (Å²) in [6.45, 7) is 0.493. The lowest BCUT2D eigenvalue weighted by molar-refractivity contribution is -0.132. The number of nitrogens with zero attached hydrogens (tertiary/aromatic N) is 2. The predicted molar refractivity (Wildman–Crippen MR) is 133 cm³/mol. The smallest absolute Gasteiger partial charge is 0.331 e. The molecular weight excluding hydrogens is 473 g/mol. The number of aromatic nitrogens is 1. The summed E-state index contributed by atoms with van der Waals surface area (Å²) < 4.78 is 2.02. The van der Waals surface area contributed by atoms with Crippen LogP contribution >= 0.6 is 23.2 Å². The van der Waals surface area contributed by atoms with Crippen molar-refractivity contribution in [2.75, 3.05) is 0 Å². The number of urea groups is 1. The predicted octanol–water partition coefficient (Wildman–Crippen LogP) is 5.79. The Morgan fingerprint density at radius 1 is 1.00 bits per heavy atom. The molecule has 1 saturated carbocycles. The van der Waals surface area contributed by atoms with E-state index in [0.29, 0.717) is 16.6 Å². The Bertz CT molecular complexity index is 1340. The molecule has 3 aromatic rings. The van der Waals surface area contributed by atoms with Gasteiger partial charge >= 0.3 is 6.03 Å². The molecule has 174 valence electrons. The van der Waals surface area contributed by atoms with Crippen LogP contribution in [-0.4, -0.2) is 33.4 Å². The molecule has 1 aromatic heterocycles. The number of rotatable bonds is 4. The molecule has 2 aliphatic rings. The molecule has 0 bridgehead atoms. The van der Waals surface area contributed by atoms with Crippen LogP contribution in [0.1, 0.15) is 43.2 Å². The summed E-state index contributed by atoms with van der Waals surface area (Å²) in [6, 6.07) is 12.3. The Hall–Kier alpha value is -3.09. The summed E-state index contributed by atoms with van der Waals surface area (Å²) in [6.07, 6.45) is 8.04. The highest BCUT2D eigenvalue weighted by Crippen LogP contribution is 2.30. The summed E-state index contributed by atoms with van der Waals surface area (Å²) in [7, 11) is 0. The van der Waals surface area contributed by atoms with E-state index in [1.54, 1.807) is 18.2 Å². The average molecular weight is 496 g/mol. The van der Waals surface area contributed by atoms with Gasteiger partial charge in [0.25, 0.3) is 11.8 Å². The molecule has 1 aliphatic heterocycles. The van der Waals surface area contributed by atoms with Crippen LogP contribution in [-0.2, 0) is 16.1 Å². The van der Waals surface area contributed by atoms with Crippen molar-refractivity contribution >= 4 is 58.0 Å². The van der Waals surface area contributed by atoms with Crippen LogP contribution in [0.3, 0.4) is 0 Å². The SMILES string of the molecule is O=C1NC(=O)N(C2CCCCC2)C(=O)/C1=C/c1cn(Cc2ccc(Cl)cc2Cl)c2ccccc12. The number of carbonyl (C=O) groups excluding carboxylic acids is 3. The number of nitrogens with one attached hydrogen (secondary N) is 1. The molecule has 0 atom stereocenters. The van der Waals surface area contributed by atoms with Crippen molar-refractivity contribution in [1.82, 2.24) is 14.8 Å². The number of fused-ring (bicyclic) bond motifs is 1. The van der Waals surface area contributed by atoms with Crippen LogP contribution < -0.4 is 5.32 Å². The first-order valence-corrected chi connectivity index (χ1v) is 12.1. The van der Waals surface area contributed by atoms with E-state index in [1.807, 2.05) is 41.1 Å². The van der Waals surface area contributed by atoms with Gasteiger partial charge in [-0.25, -0.2) is 4.79 Å². The van der Waals surface area contributed by atoms with Crippen molar-refractivity contribution in [2.24, 2.45) is 0 Å². The highest BCUT2D eigenvalue weighted by molar-refractivity contribution is 6.35. The quantitative estimate of drug-likeness (QED) is 0.367. The van der Waals surface area contributed by atoms with Gasteiger partial charge in [-0.2, -0.15) is 0 Å². The van der Waals surface area contributed by atoms with Gasteiger partial charge in [-0.15, -0.1) is 0 Å². The molecule has 0 spiro atoms. The molecule has 2 fully saturated rings. The largest absolute Gasteiger partial charge is 0.342 e. The Morgan fingerprint density at radius 2 is 1.76 bits per heavy atom. The Labute approximate surface area is 207 Å². The Kier molecular flexibility index (Phi) is 6.19. The summed E-state index contributed by atoms with van der Waals surface area (Å²) in [5, 5.41) is 4.38. The lowest BCUT2D eigenvalue weighted by atomic mass is 9.93. The van der Waals surface area contributed by atoms with E-state index in [2.05, 4.69) is 5.32 Å². The molecule has 8 heteroatoms. The van der Waals surface area contributed by atoms with E-state index >= 15 is 0 Å². The van der Waals surface area contributed by atoms with Crippen molar-refractivity contribution in [3.05, 3.63) is 75.4 Å². The minimum Gasteiger partial charge on any atom is -0.342 e. The highest BCUT2D eigenvalue weighted by Gasteiger charge is 2.40. The number of amides is 4. The lowest BCUT2D eigenvalue weighted by Gasteiger charge is -2.35. The number of benzene rings is 2. The summed E-state index contributed by atoms with van der Waals surface area (Å²) >= 11 is 12.4. The molecule has 1 aliphatic carbocycles. The molecular formula is C26H23Cl2N3O3. The van der Waals surface area contributed by atoms with Crippen molar-refractivity contribution in [1.29, 1.82) is 0 Å². The topological polar surface area (TPSA) is 71.4 Å². The van der Waals surface area contributed by atoms with Crippen LogP contribution in [0, 0.1) is 0 Å². The molecule has 2 heterocycles. The first-order valence-electron chi connectivity index (χ1n) is 11.3. The minimum absolute atomic E-state index is 0.0300. The fraction of sp³-hybridized carbons (Fsp3) is 0.269. The molecule has 0 unspecified atom stereocenters. The second-order valence-electron chi connectivity index (χ2n) is 8.75. The standard InChI is InChI=1S/C26H23Cl2N3O3/c27-18-11-10-16(22(28)13-18)14-30-15-17(20-8-4-5-9-23(20)30)12-21-24(32)29-26(34)31(25(21)33)19-6-2-1-3-7-19/h4-5,8-13,15,19H,1-3,6-7,14H2,(H,29,32,34)/b21-12+.